The number of benzene rings is 1. The van der Waals surface area contributed by atoms with Crippen molar-refractivity contribution in [2.75, 3.05) is 13.2 Å². The number of carbonyl (C=O) groups is 10. The van der Waals surface area contributed by atoms with Crippen LogP contribution in [0.5, 0.6) is 0 Å². The van der Waals surface area contributed by atoms with Gasteiger partial charge in [0.15, 0.2) is 49.1 Å². The molecule has 0 radical (unpaired) electrons. The molecule has 28 nitrogen and oxygen atoms in total. The number of amides is 2. The van der Waals surface area contributed by atoms with Crippen LogP contribution in [0.3, 0.4) is 0 Å². The van der Waals surface area contributed by atoms with Crippen LogP contribution in [0.15, 0.2) is 36.7 Å². The van der Waals surface area contributed by atoms with Crippen LogP contribution in [-0.2, 0) is 98.8 Å². The molecule has 2 saturated heterocycles. The number of rotatable bonds is 18. The van der Waals surface area contributed by atoms with Crippen LogP contribution in [0.2, 0.25) is 0 Å². The third-order valence-corrected chi connectivity index (χ3v) is 9.85. The Morgan fingerprint density at radius 3 is 1.10 bits per heavy atom. The molecule has 3 aromatic rings. The van der Waals surface area contributed by atoms with Gasteiger partial charge in [-0.2, -0.15) is 0 Å². The van der Waals surface area contributed by atoms with E-state index in [1.54, 1.807) is 0 Å². The highest BCUT2D eigenvalue weighted by Gasteiger charge is 2.55. The van der Waals surface area contributed by atoms with Crippen LogP contribution in [0.25, 0.3) is 0 Å². The Bertz CT molecular complexity index is 2290. The van der Waals surface area contributed by atoms with Crippen molar-refractivity contribution in [1.29, 1.82) is 0 Å². The fourth-order valence-electron chi connectivity index (χ4n) is 7.29. The molecule has 2 fully saturated rings. The van der Waals surface area contributed by atoms with E-state index in [1.165, 1.54) is 36.7 Å². The van der Waals surface area contributed by atoms with Gasteiger partial charge in [-0.15, -0.1) is 10.2 Å². The van der Waals surface area contributed by atoms with Gasteiger partial charge in [0.25, 0.3) is 11.8 Å². The summed E-state index contributed by atoms with van der Waals surface area (Å²) in [6.07, 6.45) is -11.5. The molecular formula is C42H50N8O20. The molecule has 2 N–H and O–H groups in total. The Balaban J connectivity index is 1.30. The van der Waals surface area contributed by atoms with E-state index >= 15 is 0 Å². The van der Waals surface area contributed by atoms with Gasteiger partial charge < -0.3 is 58.0 Å². The molecule has 0 aliphatic carbocycles. The van der Waals surface area contributed by atoms with Crippen molar-refractivity contribution in [3.8, 4) is 0 Å². The van der Waals surface area contributed by atoms with Crippen LogP contribution in [0.4, 0.5) is 0 Å². The van der Waals surface area contributed by atoms with Gasteiger partial charge in [-0.1, -0.05) is 22.6 Å². The normalized spacial score (nSPS) is 23.8. The van der Waals surface area contributed by atoms with Crippen LogP contribution in [-0.4, -0.2) is 152 Å². The van der Waals surface area contributed by atoms with Gasteiger partial charge in [0, 0.05) is 55.4 Å². The first-order valence-corrected chi connectivity index (χ1v) is 21.2. The zero-order chi connectivity index (χ0) is 51.4. The first-order chi connectivity index (χ1) is 33.1. The van der Waals surface area contributed by atoms with E-state index in [0.717, 1.165) is 64.8 Å². The maximum Gasteiger partial charge on any atom is 0.303 e. The van der Waals surface area contributed by atoms with E-state index in [1.807, 2.05) is 0 Å². The largest absolute Gasteiger partial charge is 0.463 e. The summed E-state index contributed by atoms with van der Waals surface area (Å²) < 4.78 is 57.3. The SMILES string of the molecule is CC(=O)OC[C@H]1O[C@@H](n2cc(CNC(=O)c3ccccc3C(=O)NCc3cn([C@@H]4O[C@H](COC(C)=O)[C@@H](OC(C)=O)[C@H](OC(C)=O)[C@H]4OC(C)=O)nn3)nn2)[C@H](OC(C)=O)[C@@H](OC(C)=O)[C@@H]1OC(C)=O. The summed E-state index contributed by atoms with van der Waals surface area (Å²) >= 11 is 0. The maximum atomic E-state index is 13.6. The van der Waals surface area contributed by atoms with Crippen molar-refractivity contribution < 1.29 is 95.3 Å². The third kappa shape index (κ3) is 14.3. The zero-order valence-corrected chi connectivity index (χ0v) is 38.9. The molecule has 2 aliphatic heterocycles. The summed E-state index contributed by atoms with van der Waals surface area (Å²) in [5.74, 6) is -7.81. The average molecular weight is 987 g/mol. The van der Waals surface area contributed by atoms with E-state index in [0.29, 0.717) is 0 Å². The standard InChI is InChI=1S/C42H50N8O20/c1-19(51)61-17-31-33(63-21(3)53)35(65-23(5)55)37(67-25(7)57)41(69-31)49-15-27(45-47-49)13-43-39(59)29-11-9-10-12-30(29)40(60)44-14-28-16-50(48-46-28)42-38(68-26(8)58)36(66-24(6)56)34(64-22(4)54)32(70-42)18-62-20(2)52/h9-12,15-16,31-38,41-42H,13-14,17-18H2,1-8H3,(H,43,59)(H,44,60)/t31-,32-,33-,34-,35+,36+,37-,38-,41-,42-/m1/s1. The predicted molar refractivity (Wildman–Crippen MR) is 223 cm³/mol. The topological polar surface area (TPSA) is 348 Å². The lowest BCUT2D eigenvalue weighted by Gasteiger charge is -2.44. The molecule has 28 heteroatoms. The molecule has 70 heavy (non-hydrogen) atoms. The van der Waals surface area contributed by atoms with Gasteiger partial charge in [0.2, 0.25) is 0 Å². The summed E-state index contributed by atoms with van der Waals surface area (Å²) in [6.45, 7) is 7.23. The number of ether oxygens (including phenoxy) is 10. The molecule has 0 saturated carbocycles. The van der Waals surface area contributed by atoms with E-state index < -0.39 is 134 Å². The van der Waals surface area contributed by atoms with Crippen molar-refractivity contribution in [3.05, 3.63) is 59.2 Å². The smallest absolute Gasteiger partial charge is 0.303 e. The van der Waals surface area contributed by atoms with E-state index in [4.69, 9.17) is 47.4 Å². The molecule has 4 heterocycles. The van der Waals surface area contributed by atoms with Crippen LogP contribution in [0.1, 0.15) is 99.9 Å². The second-order valence-corrected chi connectivity index (χ2v) is 15.5. The zero-order valence-electron chi connectivity index (χ0n) is 38.9. The molecule has 378 valence electrons. The Morgan fingerprint density at radius 2 is 0.786 bits per heavy atom. The van der Waals surface area contributed by atoms with Crippen molar-refractivity contribution in [3.63, 3.8) is 0 Å². The predicted octanol–water partition coefficient (Wildman–Crippen LogP) is -0.759. The van der Waals surface area contributed by atoms with Crippen LogP contribution >= 0.6 is 0 Å². The van der Waals surface area contributed by atoms with Crippen molar-refractivity contribution in [1.82, 2.24) is 40.6 Å². The summed E-state index contributed by atoms with van der Waals surface area (Å²) in [5, 5.41) is 21.5. The highest BCUT2D eigenvalue weighted by Crippen LogP contribution is 2.36. The highest BCUT2D eigenvalue weighted by atomic mass is 16.7. The summed E-state index contributed by atoms with van der Waals surface area (Å²) in [5.41, 5.74) is 0.132. The van der Waals surface area contributed by atoms with Gasteiger partial charge in [-0.25, -0.2) is 9.36 Å². The number of nitrogens with one attached hydrogen (secondary N) is 2. The minimum atomic E-state index is -1.48. The molecule has 2 aliphatic rings. The van der Waals surface area contributed by atoms with Crippen molar-refractivity contribution in [2.45, 2.75) is 130 Å². The minimum Gasteiger partial charge on any atom is -0.463 e. The van der Waals surface area contributed by atoms with Gasteiger partial charge in [-0.3, -0.25) is 47.9 Å². The average Bonchev–Trinajstić information content (AvgIpc) is 3.95. The highest BCUT2D eigenvalue weighted by molar-refractivity contribution is 6.07. The molecule has 10 atom stereocenters. The third-order valence-electron chi connectivity index (χ3n) is 9.85. The van der Waals surface area contributed by atoms with Crippen molar-refractivity contribution >= 4 is 59.6 Å². The Labute approximate surface area is 397 Å². The Kier molecular flexibility index (Phi) is 18.1. The lowest BCUT2D eigenvalue weighted by molar-refractivity contribution is -0.270. The summed E-state index contributed by atoms with van der Waals surface area (Å²) in [6, 6.07) is 5.82. The number of carbonyl (C=O) groups excluding carboxylic acids is 10. The second kappa shape index (κ2) is 23.9. The van der Waals surface area contributed by atoms with E-state index in [2.05, 4.69) is 31.3 Å². The first-order valence-electron chi connectivity index (χ1n) is 21.2. The fraction of sp³-hybridized carbons (Fsp3) is 0.524. The molecule has 0 bridgehead atoms. The first kappa shape index (κ1) is 53.1. The summed E-state index contributed by atoms with van der Waals surface area (Å²) in [4.78, 5) is 124. The molecular weight excluding hydrogens is 936 g/mol. The van der Waals surface area contributed by atoms with Gasteiger partial charge >= 0.3 is 47.8 Å². The number of hydrogen-bond acceptors (Lipinski definition) is 24. The Morgan fingerprint density at radius 1 is 0.471 bits per heavy atom. The molecule has 0 spiro atoms. The fourth-order valence-corrected chi connectivity index (χ4v) is 7.29. The lowest BCUT2D eigenvalue weighted by atomic mass is 9.97. The van der Waals surface area contributed by atoms with E-state index in [-0.39, 0.29) is 35.6 Å². The Hall–Kier alpha value is -7.88. The van der Waals surface area contributed by atoms with Crippen molar-refractivity contribution in [2.24, 2.45) is 0 Å². The van der Waals surface area contributed by atoms with Gasteiger partial charge in [0.1, 0.15) is 36.8 Å². The maximum absolute atomic E-state index is 13.6. The molecule has 2 amide bonds. The van der Waals surface area contributed by atoms with E-state index in [9.17, 15) is 47.9 Å². The molecule has 0 unspecified atom stereocenters. The second-order valence-electron chi connectivity index (χ2n) is 15.5. The molecule has 2 aromatic heterocycles. The van der Waals surface area contributed by atoms with Crippen LogP contribution < -0.4 is 10.6 Å². The van der Waals surface area contributed by atoms with Gasteiger partial charge in [-0.05, 0) is 12.1 Å². The summed E-state index contributed by atoms with van der Waals surface area (Å²) in [7, 11) is 0. The van der Waals surface area contributed by atoms with Gasteiger partial charge in [0.05, 0.1) is 36.6 Å². The molecule has 5 rings (SSSR count). The lowest BCUT2D eigenvalue weighted by Crippen LogP contribution is -2.60. The number of aromatic nitrogens is 6. The quantitative estimate of drug-likeness (QED) is 0.117. The number of hydrogen-bond donors (Lipinski definition) is 2. The monoisotopic (exact) mass is 986 g/mol. The molecule has 1 aromatic carbocycles. The van der Waals surface area contributed by atoms with Crippen LogP contribution in [0, 0.1) is 0 Å². The minimum absolute atomic E-state index is 0.0619. The number of esters is 8. The number of nitrogens with zero attached hydrogens (tertiary/aromatic N) is 6.